The maximum atomic E-state index is 5.84. The van der Waals surface area contributed by atoms with Crippen molar-refractivity contribution in [3.8, 4) is 0 Å². The molecule has 0 amide bonds. The number of hydrogen-bond acceptors (Lipinski definition) is 3. The molecular formula is C8H7BrIN3S. The molecule has 2 heterocycles. The van der Waals surface area contributed by atoms with Crippen LogP contribution in [0, 0.1) is 3.57 Å². The van der Waals surface area contributed by atoms with Crippen LogP contribution >= 0.6 is 49.9 Å². The second-order valence-electron chi connectivity index (χ2n) is 2.77. The maximum Gasteiger partial charge on any atom is 0.135 e. The Morgan fingerprint density at radius 2 is 2.43 bits per heavy atom. The van der Waals surface area contributed by atoms with Gasteiger partial charge < -0.3 is 5.73 Å². The minimum atomic E-state index is 0.732. The van der Waals surface area contributed by atoms with Crippen molar-refractivity contribution in [2.75, 3.05) is 5.73 Å². The summed E-state index contributed by atoms with van der Waals surface area (Å²) in [7, 11) is 0. The molecule has 0 aliphatic heterocycles. The Labute approximate surface area is 108 Å². The monoisotopic (exact) mass is 383 g/mol. The lowest BCUT2D eigenvalue weighted by atomic mass is 10.4. The summed E-state index contributed by atoms with van der Waals surface area (Å²) in [6, 6.07) is 2.08. The fraction of sp³-hybridized carbons (Fsp3) is 0.125. The molecule has 0 spiro atoms. The Kier molecular flexibility index (Phi) is 3.13. The first kappa shape index (κ1) is 10.4. The SMILES string of the molecule is Nc1c(I)cnn1Cc1cc(Br)cs1. The largest absolute Gasteiger partial charge is 0.383 e. The van der Waals surface area contributed by atoms with Gasteiger partial charge in [-0.15, -0.1) is 11.3 Å². The van der Waals surface area contributed by atoms with Gasteiger partial charge in [0.15, 0.2) is 0 Å². The standard InChI is InChI=1S/C8H7BrIN3S/c9-5-1-6(14-4-5)3-13-8(11)7(10)2-12-13/h1-2,4H,3,11H2. The van der Waals surface area contributed by atoms with Crippen molar-refractivity contribution in [2.24, 2.45) is 0 Å². The summed E-state index contributed by atoms with van der Waals surface area (Å²) in [6.07, 6.45) is 1.78. The Bertz CT molecular complexity index is 451. The number of anilines is 1. The first-order valence-corrected chi connectivity index (χ1v) is 6.61. The summed E-state index contributed by atoms with van der Waals surface area (Å²) in [5.41, 5.74) is 5.84. The van der Waals surface area contributed by atoms with E-state index in [-0.39, 0.29) is 0 Å². The van der Waals surface area contributed by atoms with Gasteiger partial charge in [0.1, 0.15) is 5.82 Å². The van der Waals surface area contributed by atoms with Crippen LogP contribution < -0.4 is 5.73 Å². The van der Waals surface area contributed by atoms with Crippen LogP contribution in [-0.2, 0) is 6.54 Å². The van der Waals surface area contributed by atoms with Crippen LogP contribution in [0.5, 0.6) is 0 Å². The van der Waals surface area contributed by atoms with Gasteiger partial charge in [-0.1, -0.05) is 0 Å². The zero-order valence-corrected chi connectivity index (χ0v) is 11.6. The van der Waals surface area contributed by atoms with Gasteiger partial charge in [0, 0.05) is 14.7 Å². The quantitative estimate of drug-likeness (QED) is 0.810. The highest BCUT2D eigenvalue weighted by Gasteiger charge is 2.05. The van der Waals surface area contributed by atoms with E-state index in [1.807, 2.05) is 0 Å². The molecule has 0 fully saturated rings. The molecule has 0 bridgehead atoms. The number of halogens is 2. The van der Waals surface area contributed by atoms with Crippen LogP contribution in [0.1, 0.15) is 4.88 Å². The molecule has 2 aromatic heterocycles. The normalized spacial score (nSPS) is 10.7. The van der Waals surface area contributed by atoms with E-state index in [0.29, 0.717) is 0 Å². The molecule has 0 unspecified atom stereocenters. The lowest BCUT2D eigenvalue weighted by Gasteiger charge is -2.00. The Hall–Kier alpha value is -0.0800. The van der Waals surface area contributed by atoms with Gasteiger partial charge in [-0.2, -0.15) is 5.10 Å². The molecular weight excluding hydrogens is 377 g/mol. The number of nitrogens with zero attached hydrogens (tertiary/aromatic N) is 2. The molecule has 2 aromatic rings. The van der Waals surface area contributed by atoms with Crippen LogP contribution in [0.3, 0.4) is 0 Å². The second-order valence-corrected chi connectivity index (χ2v) is 5.84. The smallest absolute Gasteiger partial charge is 0.135 e. The van der Waals surface area contributed by atoms with Gasteiger partial charge in [0.25, 0.3) is 0 Å². The van der Waals surface area contributed by atoms with Crippen molar-refractivity contribution in [2.45, 2.75) is 6.54 Å². The highest BCUT2D eigenvalue weighted by molar-refractivity contribution is 14.1. The van der Waals surface area contributed by atoms with Crippen LogP contribution in [0.15, 0.2) is 22.1 Å². The van der Waals surface area contributed by atoms with E-state index in [9.17, 15) is 0 Å². The Balaban J connectivity index is 2.22. The molecule has 0 saturated heterocycles. The van der Waals surface area contributed by atoms with Gasteiger partial charge in [0.05, 0.1) is 16.3 Å². The van der Waals surface area contributed by atoms with E-state index >= 15 is 0 Å². The predicted molar refractivity (Wildman–Crippen MR) is 70.5 cm³/mol. The zero-order chi connectivity index (χ0) is 10.1. The van der Waals surface area contributed by atoms with E-state index < -0.39 is 0 Å². The van der Waals surface area contributed by atoms with Crippen molar-refractivity contribution in [1.29, 1.82) is 0 Å². The third kappa shape index (κ3) is 2.12. The van der Waals surface area contributed by atoms with E-state index in [1.165, 1.54) is 4.88 Å². The summed E-state index contributed by atoms with van der Waals surface area (Å²) in [5.74, 6) is 0.732. The summed E-state index contributed by atoms with van der Waals surface area (Å²) in [6.45, 7) is 0.741. The summed E-state index contributed by atoms with van der Waals surface area (Å²) < 4.78 is 3.91. The average molecular weight is 384 g/mol. The van der Waals surface area contributed by atoms with Crippen LogP contribution in [0.4, 0.5) is 5.82 Å². The first-order valence-electron chi connectivity index (χ1n) is 3.86. The number of rotatable bonds is 2. The fourth-order valence-electron chi connectivity index (χ4n) is 1.08. The molecule has 3 nitrogen and oxygen atoms in total. The zero-order valence-electron chi connectivity index (χ0n) is 7.08. The highest BCUT2D eigenvalue weighted by atomic mass is 127. The van der Waals surface area contributed by atoms with Gasteiger partial charge in [-0.05, 0) is 44.6 Å². The molecule has 0 aliphatic rings. The maximum absolute atomic E-state index is 5.84. The molecule has 0 saturated carbocycles. The van der Waals surface area contributed by atoms with E-state index in [1.54, 1.807) is 22.2 Å². The van der Waals surface area contributed by atoms with Crippen LogP contribution in [0.25, 0.3) is 0 Å². The minimum absolute atomic E-state index is 0.732. The molecule has 14 heavy (non-hydrogen) atoms. The van der Waals surface area contributed by atoms with Crippen molar-refractivity contribution in [3.05, 3.63) is 30.6 Å². The van der Waals surface area contributed by atoms with Crippen molar-refractivity contribution >= 4 is 55.7 Å². The fourth-order valence-corrected chi connectivity index (χ4v) is 2.92. The number of nitrogen functional groups attached to an aromatic ring is 1. The number of aromatic nitrogens is 2. The van der Waals surface area contributed by atoms with Crippen molar-refractivity contribution in [3.63, 3.8) is 0 Å². The topological polar surface area (TPSA) is 43.8 Å². The van der Waals surface area contributed by atoms with Crippen LogP contribution in [0.2, 0.25) is 0 Å². The second kappa shape index (κ2) is 4.19. The lowest BCUT2D eigenvalue weighted by molar-refractivity contribution is 0.705. The lowest BCUT2D eigenvalue weighted by Crippen LogP contribution is -2.04. The van der Waals surface area contributed by atoms with Gasteiger partial charge in [0.2, 0.25) is 0 Å². The molecule has 2 rings (SSSR count). The first-order chi connectivity index (χ1) is 6.66. The van der Waals surface area contributed by atoms with E-state index in [2.05, 4.69) is 55.1 Å². The Morgan fingerprint density at radius 1 is 1.64 bits per heavy atom. The summed E-state index contributed by atoms with van der Waals surface area (Å²) in [5, 5.41) is 6.25. The Morgan fingerprint density at radius 3 is 2.93 bits per heavy atom. The van der Waals surface area contributed by atoms with Gasteiger partial charge in [-0.3, -0.25) is 0 Å². The molecule has 0 radical (unpaired) electrons. The molecule has 2 N–H and O–H groups in total. The minimum Gasteiger partial charge on any atom is -0.383 e. The van der Waals surface area contributed by atoms with Crippen molar-refractivity contribution < 1.29 is 0 Å². The molecule has 0 aliphatic carbocycles. The number of hydrogen-bond donors (Lipinski definition) is 1. The van der Waals surface area contributed by atoms with E-state index in [4.69, 9.17) is 5.73 Å². The highest BCUT2D eigenvalue weighted by Crippen LogP contribution is 2.22. The molecule has 6 heteroatoms. The number of nitrogens with two attached hydrogens (primary N) is 1. The molecule has 74 valence electrons. The predicted octanol–water partition coefficient (Wildman–Crippen LogP) is 2.94. The van der Waals surface area contributed by atoms with Crippen LogP contribution in [-0.4, -0.2) is 9.78 Å². The molecule has 0 atom stereocenters. The van der Waals surface area contributed by atoms with Crippen molar-refractivity contribution in [1.82, 2.24) is 9.78 Å². The third-order valence-corrected chi connectivity index (χ3v) is 4.27. The third-order valence-electron chi connectivity index (χ3n) is 1.76. The van der Waals surface area contributed by atoms with Gasteiger partial charge >= 0.3 is 0 Å². The average Bonchev–Trinajstić information content (AvgIpc) is 2.67. The van der Waals surface area contributed by atoms with Gasteiger partial charge in [-0.25, -0.2) is 4.68 Å². The summed E-state index contributed by atoms with van der Waals surface area (Å²) in [4.78, 5) is 1.24. The summed E-state index contributed by atoms with van der Waals surface area (Å²) >= 11 is 7.29. The number of thiophene rings is 1. The van der Waals surface area contributed by atoms with E-state index in [0.717, 1.165) is 20.4 Å². The molecule has 0 aromatic carbocycles.